The molecule has 1 aliphatic heterocycles. The first-order chi connectivity index (χ1) is 12.1. The minimum absolute atomic E-state index is 0.00393. The molecule has 1 unspecified atom stereocenters. The minimum atomic E-state index is -0.364. The molecule has 132 valence electrons. The van der Waals surface area contributed by atoms with Gasteiger partial charge < -0.3 is 10.2 Å². The summed E-state index contributed by atoms with van der Waals surface area (Å²) >= 11 is 1.43. The Morgan fingerprint density at radius 3 is 3.00 bits per heavy atom. The van der Waals surface area contributed by atoms with Crippen molar-refractivity contribution in [3.8, 4) is 0 Å². The van der Waals surface area contributed by atoms with Gasteiger partial charge in [0.2, 0.25) is 5.91 Å². The molecule has 25 heavy (non-hydrogen) atoms. The second-order valence-corrected chi connectivity index (χ2v) is 7.71. The predicted molar refractivity (Wildman–Crippen MR) is 95.4 cm³/mol. The van der Waals surface area contributed by atoms with E-state index in [0.29, 0.717) is 11.4 Å². The molecule has 1 fully saturated rings. The number of hydrogen-bond acceptors (Lipinski definition) is 4. The van der Waals surface area contributed by atoms with Crippen LogP contribution in [0.25, 0.3) is 0 Å². The Hall–Kier alpha value is -2.15. The van der Waals surface area contributed by atoms with Gasteiger partial charge in [0.05, 0.1) is 17.1 Å². The number of aryl methyl sites for hydroxylation is 1. The molecule has 7 heteroatoms. The van der Waals surface area contributed by atoms with Gasteiger partial charge in [-0.25, -0.2) is 0 Å². The van der Waals surface area contributed by atoms with E-state index in [1.807, 2.05) is 35.4 Å². The Kier molecular flexibility index (Phi) is 4.33. The molecule has 4 rings (SSSR count). The number of rotatable bonds is 3. The van der Waals surface area contributed by atoms with Gasteiger partial charge in [0.1, 0.15) is 6.04 Å². The number of carbonyl (C=O) groups is 2. The van der Waals surface area contributed by atoms with Crippen molar-refractivity contribution in [2.24, 2.45) is 7.05 Å². The lowest BCUT2D eigenvalue weighted by molar-refractivity contribution is -0.125. The third kappa shape index (κ3) is 2.97. The van der Waals surface area contributed by atoms with Gasteiger partial charge >= 0.3 is 0 Å². The van der Waals surface area contributed by atoms with E-state index in [4.69, 9.17) is 0 Å². The van der Waals surface area contributed by atoms with Crippen LogP contribution in [0.4, 0.5) is 0 Å². The summed E-state index contributed by atoms with van der Waals surface area (Å²) in [5.74, 6) is -0.0672. The summed E-state index contributed by atoms with van der Waals surface area (Å²) < 4.78 is 1.90. The highest BCUT2D eigenvalue weighted by Crippen LogP contribution is 2.30. The molecule has 0 bridgehead atoms. The third-order valence-electron chi connectivity index (χ3n) is 5.24. The molecule has 1 N–H and O–H groups in total. The van der Waals surface area contributed by atoms with E-state index in [1.165, 1.54) is 17.0 Å². The molecule has 2 amide bonds. The highest BCUT2D eigenvalue weighted by Gasteiger charge is 2.36. The largest absolute Gasteiger partial charge is 0.347 e. The number of nitrogens with zero attached hydrogens (tertiary/aromatic N) is 3. The van der Waals surface area contributed by atoms with Gasteiger partial charge in [-0.05, 0) is 43.6 Å². The lowest BCUT2D eigenvalue weighted by Crippen LogP contribution is -2.47. The SMILES string of the molecule is Cn1ncc2c1CCCC2NC(=O)[C@@H]1CCCN1C(=O)c1cccs1. The van der Waals surface area contributed by atoms with E-state index in [0.717, 1.165) is 37.7 Å². The molecule has 2 aromatic heterocycles. The van der Waals surface area contributed by atoms with Crippen molar-refractivity contribution in [2.45, 2.75) is 44.2 Å². The Labute approximate surface area is 150 Å². The zero-order chi connectivity index (χ0) is 17.4. The predicted octanol–water partition coefficient (Wildman–Crippen LogP) is 2.28. The van der Waals surface area contributed by atoms with Crippen LogP contribution in [0.3, 0.4) is 0 Å². The van der Waals surface area contributed by atoms with Crippen LogP contribution in [0.15, 0.2) is 23.7 Å². The Morgan fingerprint density at radius 2 is 2.20 bits per heavy atom. The highest BCUT2D eigenvalue weighted by molar-refractivity contribution is 7.12. The first-order valence-electron chi connectivity index (χ1n) is 8.81. The summed E-state index contributed by atoms with van der Waals surface area (Å²) in [5.41, 5.74) is 2.32. The fourth-order valence-electron chi connectivity index (χ4n) is 3.95. The van der Waals surface area contributed by atoms with Crippen molar-refractivity contribution in [3.63, 3.8) is 0 Å². The molecule has 1 saturated heterocycles. The van der Waals surface area contributed by atoms with Crippen molar-refractivity contribution < 1.29 is 9.59 Å². The van der Waals surface area contributed by atoms with Crippen molar-refractivity contribution >= 4 is 23.2 Å². The van der Waals surface area contributed by atoms with Crippen molar-refractivity contribution in [1.29, 1.82) is 0 Å². The van der Waals surface area contributed by atoms with Crippen LogP contribution in [-0.4, -0.2) is 39.1 Å². The molecule has 0 saturated carbocycles. The summed E-state index contributed by atoms with van der Waals surface area (Å²) in [6.45, 7) is 0.650. The summed E-state index contributed by atoms with van der Waals surface area (Å²) in [4.78, 5) is 28.0. The van der Waals surface area contributed by atoms with Crippen molar-refractivity contribution in [2.75, 3.05) is 6.54 Å². The first kappa shape index (κ1) is 16.3. The second kappa shape index (κ2) is 6.63. The molecule has 1 aliphatic carbocycles. The number of thiophene rings is 1. The highest BCUT2D eigenvalue weighted by atomic mass is 32.1. The van der Waals surface area contributed by atoms with Crippen LogP contribution in [0.2, 0.25) is 0 Å². The normalized spacial score (nSPS) is 22.7. The lowest BCUT2D eigenvalue weighted by atomic mass is 9.92. The topological polar surface area (TPSA) is 67.2 Å². The average Bonchev–Trinajstić information content (AvgIpc) is 3.36. The molecule has 0 radical (unpaired) electrons. The molecule has 0 spiro atoms. The quantitative estimate of drug-likeness (QED) is 0.915. The smallest absolute Gasteiger partial charge is 0.264 e. The molecule has 6 nitrogen and oxygen atoms in total. The van der Waals surface area contributed by atoms with Gasteiger partial charge in [0.25, 0.3) is 5.91 Å². The number of nitrogens with one attached hydrogen (secondary N) is 1. The maximum Gasteiger partial charge on any atom is 0.264 e. The van der Waals surface area contributed by atoms with E-state index in [2.05, 4.69) is 10.4 Å². The Balaban J connectivity index is 1.48. The summed E-state index contributed by atoms with van der Waals surface area (Å²) in [5, 5.41) is 9.40. The van der Waals surface area contributed by atoms with E-state index in [-0.39, 0.29) is 23.9 Å². The monoisotopic (exact) mass is 358 g/mol. The van der Waals surface area contributed by atoms with Crippen LogP contribution in [0.5, 0.6) is 0 Å². The summed E-state index contributed by atoms with van der Waals surface area (Å²) in [7, 11) is 1.95. The van der Waals surface area contributed by atoms with E-state index >= 15 is 0 Å². The third-order valence-corrected chi connectivity index (χ3v) is 6.10. The van der Waals surface area contributed by atoms with Crippen LogP contribution < -0.4 is 5.32 Å². The summed E-state index contributed by atoms with van der Waals surface area (Å²) in [6.07, 6.45) is 6.44. The maximum absolute atomic E-state index is 12.9. The zero-order valence-electron chi connectivity index (χ0n) is 14.3. The van der Waals surface area contributed by atoms with Crippen LogP contribution in [0, 0.1) is 0 Å². The van der Waals surface area contributed by atoms with Crippen molar-refractivity contribution in [3.05, 3.63) is 39.8 Å². The van der Waals surface area contributed by atoms with Gasteiger partial charge in [-0.15, -0.1) is 11.3 Å². The van der Waals surface area contributed by atoms with Gasteiger partial charge in [-0.3, -0.25) is 14.3 Å². The van der Waals surface area contributed by atoms with E-state index < -0.39 is 0 Å². The van der Waals surface area contributed by atoms with Gasteiger partial charge in [0, 0.05) is 24.8 Å². The summed E-state index contributed by atoms with van der Waals surface area (Å²) in [6, 6.07) is 3.33. The number of aromatic nitrogens is 2. The minimum Gasteiger partial charge on any atom is -0.347 e. The Morgan fingerprint density at radius 1 is 1.32 bits per heavy atom. The van der Waals surface area contributed by atoms with E-state index in [9.17, 15) is 9.59 Å². The molecular formula is C18H22N4O2S. The van der Waals surface area contributed by atoms with Gasteiger partial charge in [0.15, 0.2) is 0 Å². The maximum atomic E-state index is 12.9. The molecule has 2 aromatic rings. The van der Waals surface area contributed by atoms with Crippen LogP contribution in [-0.2, 0) is 18.3 Å². The zero-order valence-corrected chi connectivity index (χ0v) is 15.1. The number of hydrogen-bond donors (Lipinski definition) is 1. The fourth-order valence-corrected chi connectivity index (χ4v) is 4.63. The molecule has 2 aliphatic rings. The van der Waals surface area contributed by atoms with Gasteiger partial charge in [-0.2, -0.15) is 5.10 Å². The van der Waals surface area contributed by atoms with Gasteiger partial charge in [-0.1, -0.05) is 6.07 Å². The van der Waals surface area contributed by atoms with Crippen LogP contribution >= 0.6 is 11.3 Å². The van der Waals surface area contributed by atoms with E-state index in [1.54, 1.807) is 4.90 Å². The first-order valence-corrected chi connectivity index (χ1v) is 9.68. The lowest BCUT2D eigenvalue weighted by Gasteiger charge is -2.28. The molecule has 2 atom stereocenters. The fraction of sp³-hybridized carbons (Fsp3) is 0.500. The average molecular weight is 358 g/mol. The standard InChI is InChI=1S/C18H22N4O2S/c1-21-14-6-2-5-13(12(14)11-19-21)20-17(23)15-7-3-9-22(15)18(24)16-8-4-10-25-16/h4,8,10-11,13,15H,2-3,5-7,9H2,1H3,(H,20,23)/t13?,15-/m0/s1. The number of likely N-dealkylation sites (tertiary alicyclic amines) is 1. The number of carbonyl (C=O) groups excluding carboxylic acids is 2. The number of fused-ring (bicyclic) bond motifs is 1. The molecule has 3 heterocycles. The second-order valence-electron chi connectivity index (χ2n) is 6.76. The number of amides is 2. The van der Waals surface area contributed by atoms with Crippen LogP contribution in [0.1, 0.15) is 52.7 Å². The molecular weight excluding hydrogens is 336 g/mol. The molecule has 0 aromatic carbocycles. The Bertz CT molecular complexity index is 783. The van der Waals surface area contributed by atoms with Crippen molar-refractivity contribution in [1.82, 2.24) is 20.0 Å².